The molecule has 2 aromatic heterocycles. The fourth-order valence-electron chi connectivity index (χ4n) is 5.76. The van der Waals surface area contributed by atoms with Crippen LogP contribution in [0, 0.1) is 17.8 Å². The Hall–Kier alpha value is -1.65. The van der Waals surface area contributed by atoms with E-state index in [9.17, 15) is 0 Å². The third kappa shape index (κ3) is 3.02. The first-order valence-corrected chi connectivity index (χ1v) is 11.3. The van der Waals surface area contributed by atoms with Crippen LogP contribution in [0.25, 0.3) is 21.3 Å². The van der Waals surface area contributed by atoms with Crippen LogP contribution >= 0.6 is 22.9 Å². The number of hydrogen-bond donors (Lipinski definition) is 0. The monoisotopic (exact) mass is 411 g/mol. The summed E-state index contributed by atoms with van der Waals surface area (Å²) in [5, 5.41) is 3.72. The highest BCUT2D eigenvalue weighted by Crippen LogP contribution is 2.54. The van der Waals surface area contributed by atoms with Gasteiger partial charge in [-0.15, -0.1) is 11.3 Å². The van der Waals surface area contributed by atoms with Gasteiger partial charge in [0.1, 0.15) is 10.6 Å². The molecule has 3 aromatic rings. The normalized spacial score (nSPS) is 26.2. The second-order valence-electron chi connectivity index (χ2n) is 9.85. The Balaban J connectivity index is 1.67. The van der Waals surface area contributed by atoms with Crippen LogP contribution < -0.4 is 4.90 Å². The molecule has 2 atom stereocenters. The molecule has 0 amide bonds. The first-order valence-electron chi connectivity index (χ1n) is 10.0. The molecule has 0 radical (unpaired) electrons. The predicted molar refractivity (Wildman–Crippen MR) is 119 cm³/mol. The van der Waals surface area contributed by atoms with Crippen molar-refractivity contribution in [2.45, 2.75) is 53.0 Å². The summed E-state index contributed by atoms with van der Waals surface area (Å²) in [6.07, 6.45) is 3.71. The number of fused-ring (bicyclic) bond motifs is 3. The summed E-state index contributed by atoms with van der Waals surface area (Å²) in [4.78, 5) is 12.9. The smallest absolute Gasteiger partial charge is 0.225 e. The first-order chi connectivity index (χ1) is 13.2. The molecular formula is C23H26ClN3S. The molecule has 1 aliphatic carbocycles. The Bertz CT molecular complexity index is 1060. The van der Waals surface area contributed by atoms with Crippen LogP contribution in [-0.2, 0) is 0 Å². The fraction of sp³-hybridized carbons (Fsp3) is 0.478. The van der Waals surface area contributed by atoms with Crippen LogP contribution in [-0.4, -0.2) is 22.6 Å². The summed E-state index contributed by atoms with van der Waals surface area (Å²) in [7, 11) is 0. The average Bonchev–Trinajstić information content (AvgIpc) is 3.12. The molecule has 3 nitrogen and oxygen atoms in total. The number of thiophene rings is 1. The molecule has 2 aliphatic rings. The van der Waals surface area contributed by atoms with Gasteiger partial charge in [-0.1, -0.05) is 50.6 Å². The number of hydrogen-bond acceptors (Lipinski definition) is 4. The molecular weight excluding hydrogens is 386 g/mol. The Morgan fingerprint density at radius 3 is 2.61 bits per heavy atom. The number of nitrogens with zero attached hydrogens (tertiary/aromatic N) is 3. The Morgan fingerprint density at radius 1 is 1.11 bits per heavy atom. The molecule has 0 N–H and O–H groups in total. The Labute approximate surface area is 175 Å². The number of rotatable bonds is 2. The van der Waals surface area contributed by atoms with Crippen molar-refractivity contribution in [1.82, 2.24) is 9.97 Å². The van der Waals surface area contributed by atoms with Gasteiger partial charge in [0, 0.05) is 23.5 Å². The second-order valence-corrected chi connectivity index (χ2v) is 11.0. The molecule has 5 rings (SSSR count). The maximum absolute atomic E-state index is 6.37. The zero-order chi connectivity index (χ0) is 19.7. The third-order valence-corrected chi connectivity index (χ3v) is 7.48. The van der Waals surface area contributed by atoms with Crippen molar-refractivity contribution in [3.8, 4) is 11.1 Å². The summed E-state index contributed by atoms with van der Waals surface area (Å²) in [5.74, 6) is 1.03. The molecule has 1 aromatic carbocycles. The summed E-state index contributed by atoms with van der Waals surface area (Å²) in [6, 6.07) is 9.25. The average molecular weight is 412 g/mol. The van der Waals surface area contributed by atoms with Gasteiger partial charge in [-0.2, -0.15) is 4.98 Å². The van der Waals surface area contributed by atoms with Crippen molar-refractivity contribution in [3.63, 3.8) is 0 Å². The summed E-state index contributed by atoms with van der Waals surface area (Å²) < 4.78 is 0. The van der Waals surface area contributed by atoms with E-state index in [1.165, 1.54) is 36.0 Å². The minimum Gasteiger partial charge on any atom is -0.352 e. The Kier molecular flexibility index (Phi) is 4.05. The van der Waals surface area contributed by atoms with E-state index in [-0.39, 0.29) is 0 Å². The van der Waals surface area contributed by atoms with Crippen molar-refractivity contribution in [2.75, 3.05) is 11.4 Å². The molecule has 1 saturated heterocycles. The van der Waals surface area contributed by atoms with Crippen molar-refractivity contribution >= 4 is 39.0 Å². The number of halogens is 1. The first kappa shape index (κ1) is 18.4. The van der Waals surface area contributed by atoms with E-state index in [0.717, 1.165) is 22.6 Å². The zero-order valence-corrected chi connectivity index (χ0v) is 18.5. The second kappa shape index (κ2) is 6.17. The van der Waals surface area contributed by atoms with E-state index in [2.05, 4.69) is 67.2 Å². The molecule has 146 valence electrons. The lowest BCUT2D eigenvalue weighted by Crippen LogP contribution is -2.35. The standard InChI is InChI=1S/C23H26ClN3S/c1-14-5-7-15(8-6-14)17-11-28-20-18(17)19(25-21(24)26-20)27-13-23(4)10-16(27)9-22(2,3)12-23/h5-8,11,16H,9-10,12-13H2,1-4H3. The number of benzene rings is 1. The molecule has 1 saturated carbocycles. The topological polar surface area (TPSA) is 29.0 Å². The zero-order valence-electron chi connectivity index (χ0n) is 16.9. The predicted octanol–water partition coefficient (Wildman–Crippen LogP) is 6.73. The van der Waals surface area contributed by atoms with E-state index in [1.54, 1.807) is 11.3 Å². The van der Waals surface area contributed by atoms with E-state index in [1.807, 2.05) is 0 Å². The van der Waals surface area contributed by atoms with Crippen molar-refractivity contribution in [2.24, 2.45) is 10.8 Å². The highest BCUT2D eigenvalue weighted by molar-refractivity contribution is 7.17. The van der Waals surface area contributed by atoms with Crippen LogP contribution in [0.5, 0.6) is 0 Å². The third-order valence-electron chi connectivity index (χ3n) is 6.44. The van der Waals surface area contributed by atoms with Gasteiger partial charge in [0.05, 0.1) is 5.39 Å². The maximum atomic E-state index is 6.37. The molecule has 2 bridgehead atoms. The number of aromatic nitrogens is 2. The van der Waals surface area contributed by atoms with Crippen molar-refractivity contribution < 1.29 is 0 Å². The minimum atomic E-state index is 0.343. The van der Waals surface area contributed by atoms with Crippen molar-refractivity contribution in [1.29, 1.82) is 0 Å². The lowest BCUT2D eigenvalue weighted by Gasteiger charge is -2.39. The highest BCUT2D eigenvalue weighted by atomic mass is 35.5. The van der Waals surface area contributed by atoms with E-state index in [4.69, 9.17) is 16.6 Å². The minimum absolute atomic E-state index is 0.343. The molecule has 2 unspecified atom stereocenters. The Morgan fingerprint density at radius 2 is 1.86 bits per heavy atom. The molecule has 0 spiro atoms. The van der Waals surface area contributed by atoms with Crippen LogP contribution in [0.2, 0.25) is 5.28 Å². The summed E-state index contributed by atoms with van der Waals surface area (Å²) in [6.45, 7) is 10.4. The van der Waals surface area contributed by atoms with E-state index in [0.29, 0.717) is 22.2 Å². The summed E-state index contributed by atoms with van der Waals surface area (Å²) in [5.41, 5.74) is 4.43. The molecule has 5 heteroatoms. The molecule has 1 aliphatic heterocycles. The van der Waals surface area contributed by atoms with Gasteiger partial charge in [-0.25, -0.2) is 4.98 Å². The van der Waals surface area contributed by atoms with Gasteiger partial charge in [-0.05, 0) is 54.2 Å². The number of aryl methyl sites for hydroxylation is 1. The fourth-order valence-corrected chi connectivity index (χ4v) is 6.92. The van der Waals surface area contributed by atoms with Gasteiger partial charge in [0.2, 0.25) is 5.28 Å². The lowest BCUT2D eigenvalue weighted by molar-refractivity contribution is 0.136. The van der Waals surface area contributed by atoms with Crippen LogP contribution in [0.4, 0.5) is 5.82 Å². The van der Waals surface area contributed by atoms with Gasteiger partial charge in [0.15, 0.2) is 0 Å². The quantitative estimate of drug-likeness (QED) is 0.438. The van der Waals surface area contributed by atoms with Gasteiger partial charge >= 0.3 is 0 Å². The summed E-state index contributed by atoms with van der Waals surface area (Å²) >= 11 is 8.03. The maximum Gasteiger partial charge on any atom is 0.225 e. The molecule has 28 heavy (non-hydrogen) atoms. The molecule has 3 heterocycles. The van der Waals surface area contributed by atoms with E-state index < -0.39 is 0 Å². The van der Waals surface area contributed by atoms with E-state index >= 15 is 0 Å². The van der Waals surface area contributed by atoms with Crippen LogP contribution in [0.15, 0.2) is 29.6 Å². The lowest BCUT2D eigenvalue weighted by atomic mass is 9.65. The van der Waals surface area contributed by atoms with Gasteiger partial charge in [-0.3, -0.25) is 0 Å². The SMILES string of the molecule is Cc1ccc(-c2csc3nc(Cl)nc(N4CC5(C)CC4CC(C)(C)C5)c23)cc1. The van der Waals surface area contributed by atoms with Crippen LogP contribution in [0.1, 0.15) is 45.6 Å². The highest BCUT2D eigenvalue weighted by Gasteiger charge is 2.50. The molecule has 2 fully saturated rings. The van der Waals surface area contributed by atoms with Crippen molar-refractivity contribution in [3.05, 3.63) is 40.5 Å². The number of anilines is 1. The van der Waals surface area contributed by atoms with Gasteiger partial charge < -0.3 is 4.90 Å². The van der Waals surface area contributed by atoms with Crippen LogP contribution in [0.3, 0.4) is 0 Å². The largest absolute Gasteiger partial charge is 0.352 e. The van der Waals surface area contributed by atoms with Gasteiger partial charge in [0.25, 0.3) is 0 Å².